The largest absolute Gasteiger partial charge is 1.00 e. The van der Waals surface area contributed by atoms with Gasteiger partial charge in [-0.1, -0.05) is 66.2 Å². The zero-order chi connectivity index (χ0) is 19.4. The van der Waals surface area contributed by atoms with Crippen molar-refractivity contribution in [3.63, 3.8) is 0 Å². The van der Waals surface area contributed by atoms with Gasteiger partial charge >= 0.3 is 0 Å². The highest BCUT2D eigenvalue weighted by Crippen LogP contribution is 2.33. The molecule has 0 saturated carbocycles. The molecule has 6 rings (SSSR count). The zero-order valence-corrected chi connectivity index (χ0v) is 17.4. The van der Waals surface area contributed by atoms with Crippen molar-refractivity contribution in [3.05, 3.63) is 102 Å². The molecule has 0 atom stereocenters. The first-order chi connectivity index (χ1) is 14.3. The molecule has 1 N–H and O–H groups in total. The molecule has 0 aliphatic heterocycles. The van der Waals surface area contributed by atoms with Crippen molar-refractivity contribution in [3.8, 4) is 16.9 Å². The van der Waals surface area contributed by atoms with Gasteiger partial charge in [-0.3, -0.25) is 0 Å². The second kappa shape index (κ2) is 7.21. The van der Waals surface area contributed by atoms with Crippen molar-refractivity contribution in [1.29, 1.82) is 0 Å². The lowest BCUT2D eigenvalue weighted by Crippen LogP contribution is -3.00. The molecule has 3 nitrogen and oxygen atoms in total. The van der Waals surface area contributed by atoms with Crippen LogP contribution in [-0.2, 0) is 0 Å². The number of para-hydroxylation sites is 1. The fourth-order valence-electron chi connectivity index (χ4n) is 4.21. The van der Waals surface area contributed by atoms with Crippen LogP contribution >= 0.6 is 11.6 Å². The molecule has 0 unspecified atom stereocenters. The number of H-pyrrole nitrogens is 1. The molecular weight excluding hydrogens is 413 g/mol. The minimum atomic E-state index is 0. The normalized spacial score (nSPS) is 11.2. The Morgan fingerprint density at radius 1 is 0.800 bits per heavy atom. The van der Waals surface area contributed by atoms with E-state index in [2.05, 4.69) is 87.1 Å². The van der Waals surface area contributed by atoms with E-state index in [1.165, 1.54) is 10.8 Å². The number of aromatic amines is 1. The van der Waals surface area contributed by atoms with E-state index in [1.807, 2.05) is 24.3 Å². The number of benzene rings is 3. The summed E-state index contributed by atoms with van der Waals surface area (Å²) in [6, 6.07) is 29.1. The minimum absolute atomic E-state index is 0. The number of rotatable bonds is 2. The summed E-state index contributed by atoms with van der Waals surface area (Å²) in [6.45, 7) is 0. The Morgan fingerprint density at radius 3 is 2.43 bits per heavy atom. The van der Waals surface area contributed by atoms with Crippen molar-refractivity contribution in [2.24, 2.45) is 0 Å². The third-order valence-electron chi connectivity index (χ3n) is 5.48. The molecule has 30 heavy (non-hydrogen) atoms. The van der Waals surface area contributed by atoms with Gasteiger partial charge in [-0.2, -0.15) is 8.97 Å². The summed E-state index contributed by atoms with van der Waals surface area (Å²) in [5, 5.41) is 3.18. The summed E-state index contributed by atoms with van der Waals surface area (Å²) >= 11 is 6.31. The Balaban J connectivity index is 0.00000193. The Kier molecular flexibility index (Phi) is 4.50. The average molecular weight is 430 g/mol. The van der Waals surface area contributed by atoms with Crippen LogP contribution in [0.15, 0.2) is 97.5 Å². The van der Waals surface area contributed by atoms with Crippen LogP contribution in [0.3, 0.4) is 0 Å². The Morgan fingerprint density at radius 2 is 1.60 bits per heavy atom. The molecule has 0 bridgehead atoms. The summed E-state index contributed by atoms with van der Waals surface area (Å²) < 4.78 is 4.39. The number of aromatic nitrogens is 3. The van der Waals surface area contributed by atoms with E-state index in [9.17, 15) is 0 Å². The van der Waals surface area contributed by atoms with Crippen LogP contribution < -0.4 is 16.8 Å². The van der Waals surface area contributed by atoms with Crippen molar-refractivity contribution < 1.29 is 16.8 Å². The van der Waals surface area contributed by atoms with E-state index in [0.29, 0.717) is 0 Å². The molecule has 0 saturated heterocycles. The van der Waals surface area contributed by atoms with E-state index in [4.69, 9.17) is 11.6 Å². The first-order valence-corrected chi connectivity index (χ1v) is 9.94. The predicted molar refractivity (Wildman–Crippen MR) is 119 cm³/mol. The molecular formula is C25H17Cl2N3. The number of pyridine rings is 1. The number of fused-ring (bicyclic) bond motifs is 5. The quantitative estimate of drug-likeness (QED) is 0.409. The third kappa shape index (κ3) is 2.78. The Bertz CT molecular complexity index is 1510. The molecule has 0 amide bonds. The highest BCUT2D eigenvalue weighted by atomic mass is 35.5. The summed E-state index contributed by atoms with van der Waals surface area (Å²) in [4.78, 5) is 3.65. The van der Waals surface area contributed by atoms with Crippen molar-refractivity contribution in [1.82, 2.24) is 9.55 Å². The first kappa shape index (κ1) is 18.7. The topological polar surface area (TPSA) is 24.8 Å². The van der Waals surface area contributed by atoms with Crippen LogP contribution in [0.5, 0.6) is 0 Å². The van der Waals surface area contributed by atoms with E-state index >= 15 is 0 Å². The molecule has 6 aromatic rings. The van der Waals surface area contributed by atoms with E-state index < -0.39 is 0 Å². The lowest BCUT2D eigenvalue weighted by atomic mass is 10.1. The lowest BCUT2D eigenvalue weighted by molar-refractivity contribution is -0.510. The van der Waals surface area contributed by atoms with Crippen LogP contribution in [-0.4, -0.2) is 9.55 Å². The maximum absolute atomic E-state index is 6.31. The molecule has 0 spiro atoms. The van der Waals surface area contributed by atoms with E-state index in [-0.39, 0.29) is 12.4 Å². The van der Waals surface area contributed by atoms with Crippen molar-refractivity contribution in [2.45, 2.75) is 0 Å². The van der Waals surface area contributed by atoms with Crippen LogP contribution in [0.2, 0.25) is 5.02 Å². The standard InChI is InChI=1S/C25H17ClN3.ClH/c26-18-9-6-10-19(15-18)29-16-28-14-13-21-20-11-4-5-12-22(20)27-23(21)25(28)24(29)17-7-2-1-3-8-17;/h1-16,27H;1H/q+1;/p-1. The van der Waals surface area contributed by atoms with Crippen LogP contribution in [0, 0.1) is 0 Å². The molecule has 3 heterocycles. The van der Waals surface area contributed by atoms with Crippen LogP contribution in [0.25, 0.3) is 44.3 Å². The SMILES string of the molecule is Clc1cccc(-n2c[n+]3ccc4c5ccccc5[nH]c4c3c2-c2ccccc2)c1.[Cl-]. The van der Waals surface area contributed by atoms with Gasteiger partial charge in [0.05, 0.1) is 11.7 Å². The molecule has 0 aliphatic rings. The van der Waals surface area contributed by atoms with Gasteiger partial charge < -0.3 is 17.4 Å². The number of imidazole rings is 1. The molecule has 3 aromatic carbocycles. The number of nitrogens with one attached hydrogen (secondary N) is 1. The average Bonchev–Trinajstić information content (AvgIpc) is 3.33. The van der Waals surface area contributed by atoms with Gasteiger partial charge in [0.2, 0.25) is 5.52 Å². The van der Waals surface area contributed by atoms with Crippen LogP contribution in [0.4, 0.5) is 0 Å². The highest BCUT2D eigenvalue weighted by molar-refractivity contribution is 6.30. The van der Waals surface area contributed by atoms with Gasteiger partial charge in [0, 0.05) is 32.9 Å². The highest BCUT2D eigenvalue weighted by Gasteiger charge is 2.24. The molecule has 5 heteroatoms. The zero-order valence-electron chi connectivity index (χ0n) is 15.9. The summed E-state index contributed by atoms with van der Waals surface area (Å²) in [7, 11) is 0. The van der Waals surface area contributed by atoms with Crippen LogP contribution in [0.1, 0.15) is 0 Å². The maximum atomic E-state index is 6.31. The lowest BCUT2D eigenvalue weighted by Gasteiger charge is -2.03. The minimum Gasteiger partial charge on any atom is -1.00 e. The van der Waals surface area contributed by atoms with Crippen molar-refractivity contribution >= 4 is 38.9 Å². The smallest absolute Gasteiger partial charge is 0.254 e. The van der Waals surface area contributed by atoms with Gasteiger partial charge in [0.25, 0.3) is 6.33 Å². The number of halogens is 2. The molecule has 0 fully saturated rings. The monoisotopic (exact) mass is 429 g/mol. The van der Waals surface area contributed by atoms with Gasteiger partial charge in [0.15, 0.2) is 5.69 Å². The predicted octanol–water partition coefficient (Wildman–Crippen LogP) is 3.17. The number of nitrogens with zero attached hydrogens (tertiary/aromatic N) is 2. The molecule has 146 valence electrons. The Labute approximate surface area is 184 Å². The second-order valence-electron chi connectivity index (χ2n) is 7.21. The molecule has 0 radical (unpaired) electrons. The van der Waals surface area contributed by atoms with Gasteiger partial charge in [0.1, 0.15) is 5.69 Å². The Hall–Kier alpha value is -3.27. The fourth-order valence-corrected chi connectivity index (χ4v) is 4.39. The maximum Gasteiger partial charge on any atom is 0.254 e. The summed E-state index contributed by atoms with van der Waals surface area (Å²) in [5.41, 5.74) is 6.73. The van der Waals surface area contributed by atoms with E-state index in [0.717, 1.165) is 38.5 Å². The number of hydrogen-bond donors (Lipinski definition) is 1. The summed E-state index contributed by atoms with van der Waals surface area (Å²) in [5.74, 6) is 0. The van der Waals surface area contributed by atoms with Gasteiger partial charge in [-0.05, 0) is 24.3 Å². The van der Waals surface area contributed by atoms with E-state index in [1.54, 1.807) is 0 Å². The van der Waals surface area contributed by atoms with Crippen molar-refractivity contribution in [2.75, 3.05) is 0 Å². The molecule has 0 aliphatic carbocycles. The summed E-state index contributed by atoms with van der Waals surface area (Å²) in [6.07, 6.45) is 4.25. The van der Waals surface area contributed by atoms with Gasteiger partial charge in [-0.25, -0.2) is 0 Å². The number of hydrogen-bond acceptors (Lipinski definition) is 0. The first-order valence-electron chi connectivity index (χ1n) is 9.57. The van der Waals surface area contributed by atoms with Gasteiger partial charge in [-0.15, -0.1) is 0 Å². The third-order valence-corrected chi connectivity index (χ3v) is 5.72. The fraction of sp³-hybridized carbons (Fsp3) is 0. The second-order valence-corrected chi connectivity index (χ2v) is 7.65. The molecule has 3 aromatic heterocycles.